The molecule has 2 amide bonds. The second kappa shape index (κ2) is 9.36. The number of imide groups is 1. The van der Waals surface area contributed by atoms with E-state index in [0.29, 0.717) is 11.1 Å². The van der Waals surface area contributed by atoms with E-state index in [4.69, 9.17) is 9.47 Å². The highest BCUT2D eigenvalue weighted by Crippen LogP contribution is 2.26. The summed E-state index contributed by atoms with van der Waals surface area (Å²) in [4.78, 5) is 37.8. The number of nitrogens with zero attached hydrogens (tertiary/aromatic N) is 1. The second-order valence-electron chi connectivity index (χ2n) is 7.03. The van der Waals surface area contributed by atoms with Gasteiger partial charge in [-0.3, -0.25) is 19.3 Å². The van der Waals surface area contributed by atoms with Crippen molar-refractivity contribution in [3.8, 4) is 0 Å². The molecule has 1 aliphatic heterocycles. The third-order valence-corrected chi connectivity index (χ3v) is 5.00. The fourth-order valence-corrected chi connectivity index (χ4v) is 3.52. The number of hydrogen-bond donors (Lipinski definition) is 0. The van der Waals surface area contributed by atoms with E-state index >= 15 is 0 Å². The van der Waals surface area contributed by atoms with Gasteiger partial charge in [-0.15, -0.1) is 0 Å². The van der Waals surface area contributed by atoms with E-state index in [2.05, 4.69) is 0 Å². The summed E-state index contributed by atoms with van der Waals surface area (Å²) in [5, 5.41) is 0. The standard InChI is InChI=1S/C25H21NO5/c27-22(17-26-24(28)20-13-7-8-14-21(20)25(26)29)30-15-16-31-23(18-9-3-1-4-10-18)19-11-5-2-6-12-19/h1-14,23H,15-17H2. The third kappa shape index (κ3) is 4.54. The number of hydrogen-bond acceptors (Lipinski definition) is 5. The van der Waals surface area contributed by atoms with Gasteiger partial charge in [-0.1, -0.05) is 72.8 Å². The number of amides is 2. The minimum Gasteiger partial charge on any atom is -0.462 e. The molecule has 1 aliphatic rings. The zero-order chi connectivity index (χ0) is 21.6. The van der Waals surface area contributed by atoms with Crippen LogP contribution >= 0.6 is 0 Å². The SMILES string of the molecule is O=C(CN1C(=O)c2ccccc2C1=O)OCCOC(c1ccccc1)c1ccccc1. The van der Waals surface area contributed by atoms with Gasteiger partial charge in [-0.05, 0) is 23.3 Å². The minimum atomic E-state index is -0.658. The van der Waals surface area contributed by atoms with Crippen molar-refractivity contribution in [2.24, 2.45) is 0 Å². The quantitative estimate of drug-likeness (QED) is 0.319. The first-order valence-corrected chi connectivity index (χ1v) is 9.97. The Balaban J connectivity index is 1.31. The van der Waals surface area contributed by atoms with Gasteiger partial charge >= 0.3 is 5.97 Å². The highest BCUT2D eigenvalue weighted by Gasteiger charge is 2.36. The number of fused-ring (bicyclic) bond motifs is 1. The van der Waals surface area contributed by atoms with Gasteiger partial charge in [0.05, 0.1) is 17.7 Å². The molecule has 3 aromatic carbocycles. The molecule has 6 heteroatoms. The van der Waals surface area contributed by atoms with Crippen LogP contribution in [0.5, 0.6) is 0 Å². The van der Waals surface area contributed by atoms with Crippen molar-refractivity contribution in [2.45, 2.75) is 6.10 Å². The van der Waals surface area contributed by atoms with Crippen LogP contribution in [0.25, 0.3) is 0 Å². The first kappa shape index (κ1) is 20.5. The zero-order valence-electron chi connectivity index (χ0n) is 16.8. The topological polar surface area (TPSA) is 72.9 Å². The Morgan fingerprint density at radius 1 is 0.710 bits per heavy atom. The van der Waals surface area contributed by atoms with Crippen molar-refractivity contribution in [3.63, 3.8) is 0 Å². The predicted molar refractivity (Wildman–Crippen MR) is 113 cm³/mol. The molecular formula is C25H21NO5. The largest absolute Gasteiger partial charge is 0.462 e. The summed E-state index contributed by atoms with van der Waals surface area (Å²) in [6.45, 7) is -0.242. The smallest absolute Gasteiger partial charge is 0.326 e. The number of carbonyl (C=O) groups excluding carboxylic acids is 3. The molecule has 0 N–H and O–H groups in total. The molecule has 156 valence electrons. The van der Waals surface area contributed by atoms with Gasteiger partial charge in [0.15, 0.2) is 0 Å². The van der Waals surface area contributed by atoms with Crippen molar-refractivity contribution in [2.75, 3.05) is 19.8 Å². The van der Waals surface area contributed by atoms with Crippen LogP contribution < -0.4 is 0 Å². The summed E-state index contributed by atoms with van der Waals surface area (Å²) in [5.74, 6) is -1.63. The van der Waals surface area contributed by atoms with Crippen LogP contribution in [0.4, 0.5) is 0 Å². The Bertz CT molecular complexity index is 1010. The van der Waals surface area contributed by atoms with E-state index < -0.39 is 24.3 Å². The predicted octanol–water partition coefficient (Wildman–Crippen LogP) is 3.63. The molecule has 0 spiro atoms. The fourth-order valence-electron chi connectivity index (χ4n) is 3.52. The van der Waals surface area contributed by atoms with Gasteiger partial charge in [0, 0.05) is 0 Å². The summed E-state index contributed by atoms with van der Waals surface area (Å²) in [6.07, 6.45) is -0.294. The van der Waals surface area contributed by atoms with E-state index in [0.717, 1.165) is 16.0 Å². The van der Waals surface area contributed by atoms with Crippen molar-refractivity contribution in [1.82, 2.24) is 4.90 Å². The van der Waals surface area contributed by atoms with Gasteiger partial charge in [0.1, 0.15) is 19.3 Å². The molecule has 0 saturated heterocycles. The molecule has 0 saturated carbocycles. The highest BCUT2D eigenvalue weighted by atomic mass is 16.6. The average molecular weight is 415 g/mol. The van der Waals surface area contributed by atoms with Crippen LogP contribution in [0.3, 0.4) is 0 Å². The zero-order valence-corrected chi connectivity index (χ0v) is 16.8. The van der Waals surface area contributed by atoms with Crippen molar-refractivity contribution < 1.29 is 23.9 Å². The lowest BCUT2D eigenvalue weighted by Gasteiger charge is -2.19. The number of rotatable bonds is 8. The summed E-state index contributed by atoms with van der Waals surface area (Å²) >= 11 is 0. The fraction of sp³-hybridized carbons (Fsp3) is 0.160. The van der Waals surface area contributed by atoms with Gasteiger partial charge in [0.2, 0.25) is 0 Å². The molecular weight excluding hydrogens is 394 g/mol. The summed E-state index contributed by atoms with van der Waals surface area (Å²) in [7, 11) is 0. The Hall–Kier alpha value is -3.77. The van der Waals surface area contributed by atoms with E-state index in [1.54, 1.807) is 24.3 Å². The maximum Gasteiger partial charge on any atom is 0.326 e. The Morgan fingerprint density at radius 3 is 1.71 bits per heavy atom. The molecule has 0 unspecified atom stereocenters. The van der Waals surface area contributed by atoms with Crippen molar-refractivity contribution in [1.29, 1.82) is 0 Å². The van der Waals surface area contributed by atoms with Crippen LogP contribution in [0.1, 0.15) is 37.9 Å². The monoisotopic (exact) mass is 415 g/mol. The van der Waals surface area contributed by atoms with Crippen LogP contribution in [0, 0.1) is 0 Å². The molecule has 0 fully saturated rings. The lowest BCUT2D eigenvalue weighted by molar-refractivity contribution is -0.145. The summed E-state index contributed by atoms with van der Waals surface area (Å²) in [5.41, 5.74) is 2.59. The van der Waals surface area contributed by atoms with E-state index in [1.807, 2.05) is 60.7 Å². The van der Waals surface area contributed by atoms with Crippen molar-refractivity contribution >= 4 is 17.8 Å². The van der Waals surface area contributed by atoms with Gasteiger partial charge in [0.25, 0.3) is 11.8 Å². The molecule has 3 aromatic rings. The number of carbonyl (C=O) groups is 3. The van der Waals surface area contributed by atoms with E-state index in [-0.39, 0.29) is 19.3 Å². The molecule has 0 radical (unpaired) electrons. The van der Waals surface area contributed by atoms with Crippen molar-refractivity contribution in [3.05, 3.63) is 107 Å². The first-order chi connectivity index (χ1) is 15.1. The Morgan fingerprint density at radius 2 is 1.19 bits per heavy atom. The molecule has 0 bridgehead atoms. The molecule has 1 heterocycles. The molecule has 0 aromatic heterocycles. The average Bonchev–Trinajstić information content (AvgIpc) is 3.05. The van der Waals surface area contributed by atoms with Crippen LogP contribution in [0.15, 0.2) is 84.9 Å². The number of ether oxygens (including phenoxy) is 2. The lowest BCUT2D eigenvalue weighted by Crippen LogP contribution is -2.36. The Labute approximate surface area is 180 Å². The van der Waals surface area contributed by atoms with Crippen LogP contribution in [-0.2, 0) is 14.3 Å². The molecule has 0 aliphatic carbocycles. The van der Waals surface area contributed by atoms with Crippen LogP contribution in [-0.4, -0.2) is 42.4 Å². The molecule has 4 rings (SSSR count). The molecule has 0 atom stereocenters. The number of esters is 1. The van der Waals surface area contributed by atoms with Crippen LogP contribution in [0.2, 0.25) is 0 Å². The minimum absolute atomic E-state index is 0.0121. The number of benzene rings is 3. The second-order valence-corrected chi connectivity index (χ2v) is 7.03. The van der Waals surface area contributed by atoms with E-state index in [1.165, 1.54) is 0 Å². The maximum atomic E-state index is 12.3. The molecule has 31 heavy (non-hydrogen) atoms. The van der Waals surface area contributed by atoms with Gasteiger partial charge in [-0.25, -0.2) is 0 Å². The Kier molecular flexibility index (Phi) is 6.19. The first-order valence-electron chi connectivity index (χ1n) is 9.97. The lowest BCUT2D eigenvalue weighted by atomic mass is 10.0. The summed E-state index contributed by atoms with van der Waals surface area (Å²) in [6, 6.07) is 26.1. The molecule has 6 nitrogen and oxygen atoms in total. The third-order valence-electron chi connectivity index (χ3n) is 5.00. The highest BCUT2D eigenvalue weighted by molar-refractivity contribution is 6.22. The van der Waals surface area contributed by atoms with Gasteiger partial charge < -0.3 is 9.47 Å². The summed E-state index contributed by atoms with van der Waals surface area (Å²) < 4.78 is 11.2. The van der Waals surface area contributed by atoms with E-state index in [9.17, 15) is 14.4 Å². The maximum absolute atomic E-state index is 12.3. The normalized spacial score (nSPS) is 12.9. The van der Waals surface area contributed by atoms with Gasteiger partial charge in [-0.2, -0.15) is 0 Å².